The predicted octanol–water partition coefficient (Wildman–Crippen LogP) is 6.57. The quantitative estimate of drug-likeness (QED) is 0.517. The SMILES string of the molecule is C=C(/C=C\C(=C)c1cc(C)cc(C)c1)/C(C)=C(\C)CCC. The van der Waals surface area contributed by atoms with Crippen molar-refractivity contribution in [3.05, 3.63) is 76.9 Å². The fraction of sp³-hybridized carbons (Fsp3) is 0.333. The van der Waals surface area contributed by atoms with Gasteiger partial charge < -0.3 is 0 Å². The van der Waals surface area contributed by atoms with Gasteiger partial charge in [0.2, 0.25) is 0 Å². The zero-order valence-corrected chi connectivity index (χ0v) is 14.2. The Morgan fingerprint density at radius 1 is 1.00 bits per heavy atom. The molecule has 0 aliphatic heterocycles. The van der Waals surface area contributed by atoms with Crippen molar-refractivity contribution in [2.45, 2.75) is 47.5 Å². The maximum absolute atomic E-state index is 4.18. The Labute approximate surface area is 130 Å². The van der Waals surface area contributed by atoms with Gasteiger partial charge in [-0.2, -0.15) is 0 Å². The normalized spacial score (nSPS) is 12.4. The topological polar surface area (TPSA) is 0 Å². The maximum Gasteiger partial charge on any atom is -0.0185 e. The Morgan fingerprint density at radius 3 is 2.10 bits per heavy atom. The van der Waals surface area contributed by atoms with Crippen molar-refractivity contribution in [2.75, 3.05) is 0 Å². The molecule has 21 heavy (non-hydrogen) atoms. The summed E-state index contributed by atoms with van der Waals surface area (Å²) in [5, 5.41) is 0. The van der Waals surface area contributed by atoms with Crippen molar-refractivity contribution in [3.63, 3.8) is 0 Å². The number of allylic oxidation sites excluding steroid dienone is 6. The molecule has 0 aromatic heterocycles. The zero-order valence-electron chi connectivity index (χ0n) is 14.2. The number of aryl methyl sites for hydroxylation is 2. The van der Waals surface area contributed by atoms with E-state index in [1.165, 1.54) is 34.3 Å². The number of hydrogen-bond acceptors (Lipinski definition) is 0. The van der Waals surface area contributed by atoms with Crippen LogP contribution < -0.4 is 0 Å². The van der Waals surface area contributed by atoms with Crippen LogP contribution in [-0.4, -0.2) is 0 Å². The number of hydrogen-bond donors (Lipinski definition) is 0. The molecule has 0 aliphatic rings. The van der Waals surface area contributed by atoms with E-state index in [4.69, 9.17) is 0 Å². The second-order valence-electron chi connectivity index (χ2n) is 5.92. The van der Waals surface area contributed by atoms with Gasteiger partial charge in [-0.25, -0.2) is 0 Å². The van der Waals surface area contributed by atoms with E-state index in [-0.39, 0.29) is 0 Å². The highest BCUT2D eigenvalue weighted by Gasteiger charge is 2.01. The Hall–Kier alpha value is -1.82. The first-order chi connectivity index (χ1) is 9.85. The lowest BCUT2D eigenvalue weighted by Gasteiger charge is -2.08. The van der Waals surface area contributed by atoms with E-state index < -0.39 is 0 Å². The molecule has 0 spiro atoms. The molecular weight excluding hydrogens is 252 g/mol. The van der Waals surface area contributed by atoms with Gasteiger partial charge in [-0.15, -0.1) is 0 Å². The van der Waals surface area contributed by atoms with Crippen molar-refractivity contribution >= 4 is 5.57 Å². The first-order valence-electron chi connectivity index (χ1n) is 7.66. The van der Waals surface area contributed by atoms with E-state index in [0.29, 0.717) is 0 Å². The van der Waals surface area contributed by atoms with Crippen molar-refractivity contribution in [3.8, 4) is 0 Å². The molecule has 0 bridgehead atoms. The number of benzene rings is 1. The van der Waals surface area contributed by atoms with Crippen LogP contribution in [0.25, 0.3) is 5.57 Å². The van der Waals surface area contributed by atoms with Gasteiger partial charge in [0.1, 0.15) is 0 Å². The molecular formula is C21H28. The maximum atomic E-state index is 4.18. The summed E-state index contributed by atoms with van der Waals surface area (Å²) < 4.78 is 0. The predicted molar refractivity (Wildman–Crippen MR) is 96.5 cm³/mol. The van der Waals surface area contributed by atoms with Crippen LogP contribution in [0.2, 0.25) is 0 Å². The highest BCUT2D eigenvalue weighted by Crippen LogP contribution is 2.21. The minimum absolute atomic E-state index is 1.03. The molecule has 0 saturated heterocycles. The van der Waals surface area contributed by atoms with Gasteiger partial charge >= 0.3 is 0 Å². The lowest BCUT2D eigenvalue weighted by molar-refractivity contribution is 0.893. The number of rotatable bonds is 6. The average Bonchev–Trinajstić information content (AvgIpc) is 2.42. The van der Waals surface area contributed by atoms with E-state index in [2.05, 4.69) is 78.1 Å². The Bertz CT molecular complexity index is 574. The van der Waals surface area contributed by atoms with E-state index in [1.54, 1.807) is 0 Å². The first-order valence-corrected chi connectivity index (χ1v) is 7.66. The van der Waals surface area contributed by atoms with E-state index in [0.717, 1.165) is 17.6 Å². The highest BCUT2D eigenvalue weighted by molar-refractivity contribution is 5.73. The van der Waals surface area contributed by atoms with Crippen LogP contribution in [0.5, 0.6) is 0 Å². The smallest absolute Gasteiger partial charge is 0.0185 e. The van der Waals surface area contributed by atoms with E-state index in [1.807, 2.05) is 0 Å². The molecule has 0 amide bonds. The van der Waals surface area contributed by atoms with E-state index in [9.17, 15) is 0 Å². The van der Waals surface area contributed by atoms with Crippen molar-refractivity contribution in [1.29, 1.82) is 0 Å². The van der Waals surface area contributed by atoms with E-state index >= 15 is 0 Å². The molecule has 0 heteroatoms. The third kappa shape index (κ3) is 5.23. The van der Waals surface area contributed by atoms with Crippen molar-refractivity contribution in [2.24, 2.45) is 0 Å². The largest absolute Gasteiger partial charge is 0.0915 e. The second kappa shape index (κ2) is 7.83. The van der Waals surface area contributed by atoms with Gasteiger partial charge in [-0.05, 0) is 56.4 Å². The van der Waals surface area contributed by atoms with Gasteiger partial charge in [0, 0.05) is 0 Å². The summed E-state index contributed by atoms with van der Waals surface area (Å²) in [4.78, 5) is 0. The van der Waals surface area contributed by atoms with Crippen LogP contribution in [0.1, 0.15) is 50.3 Å². The molecule has 0 heterocycles. The molecule has 0 saturated carbocycles. The Morgan fingerprint density at radius 2 is 1.57 bits per heavy atom. The van der Waals surface area contributed by atoms with Crippen LogP contribution >= 0.6 is 0 Å². The zero-order chi connectivity index (χ0) is 16.0. The summed E-state index contributed by atoms with van der Waals surface area (Å²) in [7, 11) is 0. The molecule has 112 valence electrons. The third-order valence-electron chi connectivity index (χ3n) is 3.83. The molecule has 0 radical (unpaired) electrons. The van der Waals surface area contributed by atoms with Gasteiger partial charge in [-0.3, -0.25) is 0 Å². The standard InChI is InChI=1S/C21H28/c1-8-9-17(4)20(7)18(5)10-11-19(6)21-13-15(2)12-16(3)14-21/h10-14H,5-6,8-9H2,1-4,7H3/b11-10-,20-17+. The second-order valence-corrected chi connectivity index (χ2v) is 5.92. The van der Waals surface area contributed by atoms with Gasteiger partial charge in [0.15, 0.2) is 0 Å². The summed E-state index contributed by atoms with van der Waals surface area (Å²) in [6.45, 7) is 19.1. The molecule has 0 aliphatic carbocycles. The summed E-state index contributed by atoms with van der Waals surface area (Å²) in [6.07, 6.45) is 6.46. The van der Waals surface area contributed by atoms with Gasteiger partial charge in [-0.1, -0.05) is 73.6 Å². The average molecular weight is 280 g/mol. The van der Waals surface area contributed by atoms with Crippen LogP contribution in [0.3, 0.4) is 0 Å². The van der Waals surface area contributed by atoms with Crippen LogP contribution in [0, 0.1) is 13.8 Å². The first kappa shape index (κ1) is 17.2. The highest BCUT2D eigenvalue weighted by atomic mass is 14.1. The molecule has 1 aromatic rings. The lowest BCUT2D eigenvalue weighted by Crippen LogP contribution is -1.88. The summed E-state index contributed by atoms with van der Waals surface area (Å²) >= 11 is 0. The summed E-state index contributed by atoms with van der Waals surface area (Å²) in [5.74, 6) is 0. The van der Waals surface area contributed by atoms with Crippen LogP contribution in [0.4, 0.5) is 0 Å². The molecule has 0 unspecified atom stereocenters. The molecule has 1 aromatic carbocycles. The Balaban J connectivity index is 2.87. The Kier molecular flexibility index (Phi) is 6.42. The molecule has 1 rings (SSSR count). The summed E-state index contributed by atoms with van der Waals surface area (Å²) in [6, 6.07) is 6.53. The van der Waals surface area contributed by atoms with Crippen molar-refractivity contribution in [1.82, 2.24) is 0 Å². The fourth-order valence-electron chi connectivity index (χ4n) is 2.42. The van der Waals surface area contributed by atoms with Crippen LogP contribution in [-0.2, 0) is 0 Å². The van der Waals surface area contributed by atoms with Crippen LogP contribution in [0.15, 0.2) is 60.2 Å². The minimum Gasteiger partial charge on any atom is -0.0915 e. The fourth-order valence-corrected chi connectivity index (χ4v) is 2.42. The molecule has 0 fully saturated rings. The van der Waals surface area contributed by atoms with Gasteiger partial charge in [0.05, 0.1) is 0 Å². The monoisotopic (exact) mass is 280 g/mol. The molecule has 0 nitrogen and oxygen atoms in total. The minimum atomic E-state index is 1.03. The molecule has 0 N–H and O–H groups in total. The molecule has 0 atom stereocenters. The lowest BCUT2D eigenvalue weighted by atomic mass is 9.98. The third-order valence-corrected chi connectivity index (χ3v) is 3.83. The van der Waals surface area contributed by atoms with Crippen molar-refractivity contribution < 1.29 is 0 Å². The van der Waals surface area contributed by atoms with Gasteiger partial charge in [0.25, 0.3) is 0 Å². The summed E-state index contributed by atoms with van der Waals surface area (Å²) in [5.41, 5.74) is 8.55.